The third-order valence-corrected chi connectivity index (χ3v) is 24.4. The lowest BCUT2D eigenvalue weighted by Gasteiger charge is -2.31. The Morgan fingerprint density at radius 2 is 0.635 bits per heavy atom. The minimum Gasteiger partial charge on any atom is -0.379 e. The van der Waals surface area contributed by atoms with Crippen molar-refractivity contribution in [2.45, 2.75) is 187 Å². The number of thiazole rings is 1. The van der Waals surface area contributed by atoms with E-state index >= 15 is 0 Å². The maximum atomic E-state index is 12.2. The van der Waals surface area contributed by atoms with E-state index in [0.717, 1.165) is 175 Å². The van der Waals surface area contributed by atoms with E-state index in [1.54, 1.807) is 11.3 Å². The van der Waals surface area contributed by atoms with Crippen LogP contribution in [-0.2, 0) is 86.5 Å². The summed E-state index contributed by atoms with van der Waals surface area (Å²) >= 11 is 1.59. The molecule has 8 aromatic carbocycles. The van der Waals surface area contributed by atoms with Crippen LogP contribution in [-0.4, -0.2) is 213 Å². The zero-order chi connectivity index (χ0) is 99.0. The standard InChI is InChI=1S/C19H19N3O2S.C19H22N2O2.C17H25N3O3.C17H25N3O2.C16H24N4O2.C16H23N3O3/c1-12(23)14(20)10-11-18(24)21-15-7-3-2-6-13(15)19-22-16-8-4-5-9-17(16)25-19;1-14(22)17(20)11-12-19(23)21-18-10-6-5-9-16(18)13-15-7-3-2-4-8-15;1-13(21)15(18)6-7-17(22)19-16-5-3-2-4-14(16)12-20-8-10-23-11-9-20;1-13(21)15(18)8-9-17(22)19-16-7-3-2-6-14(16)12-20-10-4-5-11-20;1-12(21)13(17)6-7-16(22)19-14-4-2-3-5-15(14)20-10-8-18-9-11-20;1-12(20)13(17)6-7-16(21)18-14-4-2-3-5-15(14)19-8-10-22-11-9-19/h2-9,14H,10-11,20H2,1H3,(H,21,24);2-10,17H,11-13,20H2,1H3,(H,21,23);2-5,15H,6-12,18H2,1H3,(H,19,22);2-3,6-7,15H,4-5,8-12,18H2,1H3,(H,19,22);2-5,13,18H,6-11,17H2,1H3,(H,19,22);2-5,13H,6-11,17H2,1H3,(H,18,21)/t14-;17-;2*15-;2*13-/m000000/s1. The van der Waals surface area contributed by atoms with Gasteiger partial charge in [-0.05, 0) is 201 Å². The van der Waals surface area contributed by atoms with Crippen LogP contribution in [0, 0.1) is 0 Å². The molecule has 32 nitrogen and oxygen atoms in total. The largest absolute Gasteiger partial charge is 0.379 e. The molecule has 0 unspecified atom stereocenters. The number of amides is 6. The second-order valence-electron chi connectivity index (χ2n) is 34.2. The quantitative estimate of drug-likeness (QED) is 0.0170. The number of ketones is 6. The number of hydrogen-bond acceptors (Lipinski definition) is 27. The lowest BCUT2D eigenvalue weighted by molar-refractivity contribution is -0.120. The molecular weight excluding hydrogens is 1760 g/mol. The number of Topliss-reactive ketones (excluding diaryl/α,β-unsaturated/α-hetero) is 6. The third kappa shape index (κ3) is 40.1. The first-order chi connectivity index (χ1) is 65.9. The number of ether oxygens (including phenoxy) is 2. The molecule has 4 aliphatic rings. The molecule has 13 rings (SSSR count). The highest BCUT2D eigenvalue weighted by molar-refractivity contribution is 7.21. The van der Waals surface area contributed by atoms with Gasteiger partial charge >= 0.3 is 0 Å². The topological polar surface area (TPSA) is 489 Å². The summed E-state index contributed by atoms with van der Waals surface area (Å²) in [6.45, 7) is 22.6. The molecule has 6 amide bonds. The number of nitrogens with zero attached hydrogens (tertiary/aromatic N) is 5. The van der Waals surface area contributed by atoms with Crippen LogP contribution in [0.1, 0.15) is 154 Å². The number of benzene rings is 8. The third-order valence-electron chi connectivity index (χ3n) is 23.3. The molecule has 6 atom stereocenters. The number of hydrogen-bond donors (Lipinski definition) is 13. The maximum absolute atomic E-state index is 12.2. The Balaban J connectivity index is 0.000000202. The molecule has 0 bridgehead atoms. The number of fused-ring (bicyclic) bond motifs is 1. The number of morpholine rings is 2. The smallest absolute Gasteiger partial charge is 0.224 e. The van der Waals surface area contributed by atoms with E-state index in [0.29, 0.717) is 57.4 Å². The summed E-state index contributed by atoms with van der Waals surface area (Å²) in [4.78, 5) is 153. The monoisotopic (exact) mass is 1900 g/mol. The molecule has 9 aromatic rings. The van der Waals surface area contributed by atoms with Crippen molar-refractivity contribution >= 4 is 137 Å². The van der Waals surface area contributed by atoms with Crippen molar-refractivity contribution in [1.82, 2.24) is 20.1 Å². The molecular formula is C104H138N18O14S. The summed E-state index contributed by atoms with van der Waals surface area (Å²) in [5.74, 6) is -1.29. The number of nitrogens with two attached hydrogens (primary N) is 6. The van der Waals surface area contributed by atoms with Crippen molar-refractivity contribution in [1.29, 1.82) is 0 Å². The van der Waals surface area contributed by atoms with Gasteiger partial charge in [0.05, 0.1) is 101 Å². The Bertz CT molecular complexity index is 5260. The zero-order valence-electron chi connectivity index (χ0n) is 79.8. The molecule has 0 radical (unpaired) electrons. The first kappa shape index (κ1) is 110. The Kier molecular flexibility index (Phi) is 47.8. The summed E-state index contributed by atoms with van der Waals surface area (Å²) < 4.78 is 11.8. The highest BCUT2D eigenvalue weighted by Crippen LogP contribution is 2.36. The number of piperazine rings is 1. The Labute approximate surface area is 808 Å². The zero-order valence-corrected chi connectivity index (χ0v) is 80.6. The van der Waals surface area contributed by atoms with Crippen LogP contribution in [0.5, 0.6) is 0 Å². The number of carbonyl (C=O) groups excluding carboxylic acids is 12. The highest BCUT2D eigenvalue weighted by atomic mass is 32.1. The molecule has 4 saturated heterocycles. The van der Waals surface area contributed by atoms with Crippen LogP contribution >= 0.6 is 11.3 Å². The number of para-hydroxylation sites is 9. The molecule has 33 heteroatoms. The van der Waals surface area contributed by atoms with Crippen LogP contribution < -0.4 is 81.4 Å². The van der Waals surface area contributed by atoms with E-state index in [1.807, 2.05) is 182 Å². The molecule has 19 N–H and O–H groups in total. The summed E-state index contributed by atoms with van der Waals surface area (Å²) in [7, 11) is 0. The van der Waals surface area contributed by atoms with Crippen molar-refractivity contribution in [3.63, 3.8) is 0 Å². The Morgan fingerprint density at radius 1 is 0.336 bits per heavy atom. The predicted molar refractivity (Wildman–Crippen MR) is 544 cm³/mol. The van der Waals surface area contributed by atoms with Gasteiger partial charge in [0.25, 0.3) is 0 Å². The summed E-state index contributed by atoms with van der Waals surface area (Å²) in [5.41, 5.74) is 47.1. The number of nitrogens with one attached hydrogen (secondary N) is 7. The van der Waals surface area contributed by atoms with E-state index in [9.17, 15) is 57.5 Å². The fourth-order valence-electron chi connectivity index (χ4n) is 14.8. The Hall–Kier alpha value is -12.4. The van der Waals surface area contributed by atoms with Crippen molar-refractivity contribution in [2.75, 3.05) is 134 Å². The van der Waals surface area contributed by atoms with Gasteiger partial charge in [-0.3, -0.25) is 67.3 Å². The van der Waals surface area contributed by atoms with Crippen LogP contribution in [0.2, 0.25) is 0 Å². The summed E-state index contributed by atoms with van der Waals surface area (Å²) in [5, 5.41) is 21.7. The summed E-state index contributed by atoms with van der Waals surface area (Å²) in [6, 6.07) is 61.1. The lowest BCUT2D eigenvalue weighted by atomic mass is 10.0. The van der Waals surface area contributed by atoms with Gasteiger partial charge in [0.15, 0.2) is 0 Å². The number of anilines is 8. The number of carbonyl (C=O) groups is 12. The van der Waals surface area contributed by atoms with E-state index in [-0.39, 0.29) is 109 Å². The van der Waals surface area contributed by atoms with Gasteiger partial charge in [0.1, 0.15) is 39.7 Å². The summed E-state index contributed by atoms with van der Waals surface area (Å²) in [6.07, 6.45) is 6.86. The molecule has 0 saturated carbocycles. The Morgan fingerprint density at radius 3 is 1.03 bits per heavy atom. The average Bonchev–Trinajstić information content (AvgIpc) is 1.66. The average molecular weight is 1900 g/mol. The van der Waals surface area contributed by atoms with Crippen LogP contribution in [0.25, 0.3) is 20.8 Å². The van der Waals surface area contributed by atoms with Gasteiger partial charge in [-0.25, -0.2) is 4.98 Å². The second-order valence-corrected chi connectivity index (χ2v) is 35.3. The molecule has 5 heterocycles. The van der Waals surface area contributed by atoms with Gasteiger partial charge < -0.3 is 90.9 Å². The van der Waals surface area contributed by atoms with Crippen LogP contribution in [0.4, 0.5) is 45.5 Å². The lowest BCUT2D eigenvalue weighted by Crippen LogP contribution is -2.43. The number of rotatable bonds is 39. The second kappa shape index (κ2) is 59.6. The van der Waals surface area contributed by atoms with E-state index in [4.69, 9.17) is 43.9 Å². The number of aromatic nitrogens is 1. The SMILES string of the molecule is CC(=O)[C@@H](N)CCC(=O)Nc1ccccc1-c1nc2ccccc2s1.CC(=O)[C@@H](N)CCC(=O)Nc1ccccc1CN1CCCC1.CC(=O)[C@@H](N)CCC(=O)Nc1ccccc1CN1CCOCC1.CC(=O)[C@@H](N)CCC(=O)Nc1ccccc1Cc1ccccc1.CC(=O)[C@@H](N)CCC(=O)Nc1ccccc1N1CCNCC1.CC(=O)[C@@H](N)CCC(=O)Nc1ccccc1N1CCOCC1. The first-order valence-electron chi connectivity index (χ1n) is 46.9. The van der Waals surface area contributed by atoms with Crippen molar-refractivity contribution < 1.29 is 67.0 Å². The normalized spacial score (nSPS) is 14.8. The number of likely N-dealkylation sites (tertiary alicyclic amines) is 1. The molecule has 137 heavy (non-hydrogen) atoms. The minimum atomic E-state index is -0.592. The molecule has 4 aliphatic heterocycles. The van der Waals surface area contributed by atoms with Crippen molar-refractivity contribution in [3.8, 4) is 10.6 Å². The molecule has 4 fully saturated rings. The van der Waals surface area contributed by atoms with Gasteiger partial charge in [-0.15, -0.1) is 11.3 Å². The van der Waals surface area contributed by atoms with Gasteiger partial charge in [-0.1, -0.05) is 133 Å². The van der Waals surface area contributed by atoms with Crippen LogP contribution in [0.3, 0.4) is 0 Å². The maximum Gasteiger partial charge on any atom is 0.224 e. The highest BCUT2D eigenvalue weighted by Gasteiger charge is 2.24. The van der Waals surface area contributed by atoms with Gasteiger partial charge in [-0.2, -0.15) is 0 Å². The first-order valence-corrected chi connectivity index (χ1v) is 47.8. The van der Waals surface area contributed by atoms with E-state index in [1.165, 1.54) is 59.9 Å². The van der Waals surface area contributed by atoms with Crippen LogP contribution in [0.15, 0.2) is 200 Å². The molecule has 734 valence electrons. The molecule has 1 aromatic heterocycles. The van der Waals surface area contributed by atoms with E-state index < -0.39 is 36.3 Å². The molecule has 0 aliphatic carbocycles. The van der Waals surface area contributed by atoms with Gasteiger partial charge in [0.2, 0.25) is 35.4 Å². The minimum absolute atomic E-state index is 0.0813. The van der Waals surface area contributed by atoms with Gasteiger partial charge in [0, 0.05) is 127 Å². The molecule has 0 spiro atoms. The van der Waals surface area contributed by atoms with E-state index in [2.05, 4.69) is 80.0 Å². The predicted octanol–water partition coefficient (Wildman–Crippen LogP) is 11.5. The van der Waals surface area contributed by atoms with Crippen molar-refractivity contribution in [2.24, 2.45) is 34.4 Å². The fourth-order valence-corrected chi connectivity index (χ4v) is 15.8. The fraction of sp³-hybridized carbons (Fsp3) is 0.413. The van der Waals surface area contributed by atoms with Crippen molar-refractivity contribution in [3.05, 3.63) is 222 Å².